The Morgan fingerprint density at radius 1 is 0.897 bits per heavy atom. The first kappa shape index (κ1) is 19.8. The van der Waals surface area contributed by atoms with Crippen molar-refractivity contribution in [3.63, 3.8) is 0 Å². The van der Waals surface area contributed by atoms with Crippen LogP contribution < -0.4 is 21.1 Å². The number of aromatic nitrogens is 2. The van der Waals surface area contributed by atoms with Crippen molar-refractivity contribution in [2.45, 2.75) is 13.0 Å². The van der Waals surface area contributed by atoms with Crippen molar-refractivity contribution in [3.8, 4) is 5.75 Å². The Balaban J connectivity index is 1.53. The number of para-hydroxylation sites is 1. The van der Waals surface area contributed by atoms with Crippen LogP contribution in [0.2, 0.25) is 0 Å². The number of benzene rings is 2. The number of rotatable bonds is 7. The molecule has 2 aromatic carbocycles. The van der Waals surface area contributed by atoms with Crippen molar-refractivity contribution < 1.29 is 14.3 Å². The van der Waals surface area contributed by atoms with Gasteiger partial charge in [0, 0.05) is 6.07 Å². The highest BCUT2D eigenvalue weighted by molar-refractivity contribution is 5.93. The third-order valence-electron chi connectivity index (χ3n) is 3.94. The predicted molar refractivity (Wildman–Crippen MR) is 106 cm³/mol. The molecule has 1 aromatic heterocycles. The third kappa shape index (κ3) is 6.03. The van der Waals surface area contributed by atoms with Crippen LogP contribution in [0.15, 0.2) is 77.6 Å². The van der Waals surface area contributed by atoms with E-state index in [1.54, 1.807) is 12.1 Å². The monoisotopic (exact) mass is 392 g/mol. The first-order chi connectivity index (χ1) is 14.1. The highest BCUT2D eigenvalue weighted by Crippen LogP contribution is 2.07. The number of amides is 2. The Kier molecular flexibility index (Phi) is 6.72. The largest absolute Gasteiger partial charge is 0.492 e. The molecular formula is C21H20N4O4. The third-order valence-corrected chi connectivity index (χ3v) is 3.94. The highest BCUT2D eigenvalue weighted by atomic mass is 16.5. The van der Waals surface area contributed by atoms with E-state index in [2.05, 4.69) is 16.0 Å². The maximum Gasteiger partial charge on any atom is 0.290 e. The van der Waals surface area contributed by atoms with E-state index < -0.39 is 5.91 Å². The van der Waals surface area contributed by atoms with E-state index in [-0.39, 0.29) is 36.7 Å². The van der Waals surface area contributed by atoms with Crippen LogP contribution in [0.4, 0.5) is 0 Å². The van der Waals surface area contributed by atoms with E-state index in [1.165, 1.54) is 12.1 Å². The molecule has 0 spiro atoms. The number of hydrazine groups is 1. The lowest BCUT2D eigenvalue weighted by molar-refractivity contribution is -0.121. The molecule has 8 heteroatoms. The van der Waals surface area contributed by atoms with Gasteiger partial charge in [-0.15, -0.1) is 0 Å². The molecule has 2 amide bonds. The minimum Gasteiger partial charge on any atom is -0.492 e. The lowest BCUT2D eigenvalue weighted by Gasteiger charge is -2.10. The second-order valence-corrected chi connectivity index (χ2v) is 6.11. The molecule has 0 unspecified atom stereocenters. The summed E-state index contributed by atoms with van der Waals surface area (Å²) in [4.78, 5) is 36.1. The summed E-state index contributed by atoms with van der Waals surface area (Å²) in [6, 6.07) is 20.9. The topological polar surface area (TPSA) is 102 Å². The summed E-state index contributed by atoms with van der Waals surface area (Å²) in [7, 11) is 0. The molecule has 0 aliphatic carbocycles. The maximum absolute atomic E-state index is 12.2. The number of hydrogen-bond donors (Lipinski definition) is 2. The van der Waals surface area contributed by atoms with Gasteiger partial charge in [-0.05, 0) is 23.8 Å². The quantitative estimate of drug-likeness (QED) is 0.591. The van der Waals surface area contributed by atoms with Gasteiger partial charge in [0.2, 0.25) is 5.91 Å². The van der Waals surface area contributed by atoms with Gasteiger partial charge in [-0.3, -0.25) is 25.2 Å². The standard InChI is InChI=1S/C21H20N4O4/c26-19(15-16-7-3-1-4-8-16)22-23-21(28)18-11-12-20(27)25(24-18)13-14-29-17-9-5-2-6-10-17/h1-12H,13-15H2,(H,22,26)(H,23,28). The Hall–Kier alpha value is -3.94. The first-order valence-electron chi connectivity index (χ1n) is 9.01. The molecule has 0 aliphatic rings. The van der Waals surface area contributed by atoms with Crippen molar-refractivity contribution in [1.29, 1.82) is 0 Å². The van der Waals surface area contributed by atoms with Gasteiger partial charge in [0.05, 0.1) is 13.0 Å². The predicted octanol–water partition coefficient (Wildman–Crippen LogP) is 1.33. The molecule has 1 heterocycles. The molecule has 148 valence electrons. The van der Waals surface area contributed by atoms with Gasteiger partial charge < -0.3 is 4.74 Å². The second-order valence-electron chi connectivity index (χ2n) is 6.11. The Morgan fingerprint density at radius 3 is 2.31 bits per heavy atom. The van der Waals surface area contributed by atoms with Gasteiger partial charge >= 0.3 is 0 Å². The fourth-order valence-corrected chi connectivity index (χ4v) is 2.51. The van der Waals surface area contributed by atoms with Crippen molar-refractivity contribution in [2.24, 2.45) is 0 Å². The summed E-state index contributed by atoms with van der Waals surface area (Å²) in [5.41, 5.74) is 5.11. The van der Waals surface area contributed by atoms with Crippen LogP contribution in [-0.2, 0) is 17.8 Å². The summed E-state index contributed by atoms with van der Waals surface area (Å²) in [6.45, 7) is 0.394. The lowest BCUT2D eigenvalue weighted by atomic mass is 10.1. The van der Waals surface area contributed by atoms with Gasteiger partial charge in [0.15, 0.2) is 5.69 Å². The first-order valence-corrected chi connectivity index (χ1v) is 9.01. The number of hydrogen-bond acceptors (Lipinski definition) is 5. The van der Waals surface area contributed by atoms with Crippen LogP contribution in [0.5, 0.6) is 5.75 Å². The second kappa shape index (κ2) is 9.84. The molecule has 0 saturated carbocycles. The van der Waals surface area contributed by atoms with Crippen LogP contribution in [0.3, 0.4) is 0 Å². The van der Waals surface area contributed by atoms with Gasteiger partial charge in [-0.25, -0.2) is 4.68 Å². The van der Waals surface area contributed by atoms with Gasteiger partial charge in [-0.2, -0.15) is 5.10 Å². The van der Waals surface area contributed by atoms with Crippen LogP contribution in [0.1, 0.15) is 16.1 Å². The van der Waals surface area contributed by atoms with E-state index >= 15 is 0 Å². The van der Waals surface area contributed by atoms with Crippen LogP contribution in [0, 0.1) is 0 Å². The van der Waals surface area contributed by atoms with E-state index in [0.29, 0.717) is 5.75 Å². The average molecular weight is 392 g/mol. The minimum atomic E-state index is -0.621. The fraction of sp³-hybridized carbons (Fsp3) is 0.143. The summed E-state index contributed by atoms with van der Waals surface area (Å²) < 4.78 is 6.69. The van der Waals surface area contributed by atoms with Crippen LogP contribution in [-0.4, -0.2) is 28.2 Å². The summed E-state index contributed by atoms with van der Waals surface area (Å²) in [5, 5.41) is 4.03. The molecule has 3 rings (SSSR count). The average Bonchev–Trinajstić information content (AvgIpc) is 2.75. The van der Waals surface area contributed by atoms with Crippen LogP contribution in [0.25, 0.3) is 0 Å². The van der Waals surface area contributed by atoms with Crippen LogP contribution >= 0.6 is 0 Å². The Labute approximate surface area is 167 Å². The molecular weight excluding hydrogens is 372 g/mol. The normalized spacial score (nSPS) is 10.2. The van der Waals surface area contributed by atoms with Crippen molar-refractivity contribution in [2.75, 3.05) is 6.61 Å². The van der Waals surface area contributed by atoms with Crippen molar-refractivity contribution in [1.82, 2.24) is 20.6 Å². The van der Waals surface area contributed by atoms with Gasteiger partial charge in [0.1, 0.15) is 12.4 Å². The number of carbonyl (C=O) groups is 2. The number of carbonyl (C=O) groups excluding carboxylic acids is 2. The molecule has 0 radical (unpaired) electrons. The Bertz CT molecular complexity index is 1020. The molecule has 0 atom stereocenters. The van der Waals surface area contributed by atoms with E-state index in [9.17, 15) is 14.4 Å². The zero-order chi connectivity index (χ0) is 20.5. The molecule has 0 bridgehead atoms. The molecule has 3 aromatic rings. The van der Waals surface area contributed by atoms with E-state index in [1.807, 2.05) is 48.5 Å². The van der Waals surface area contributed by atoms with Gasteiger partial charge in [-0.1, -0.05) is 48.5 Å². The zero-order valence-electron chi connectivity index (χ0n) is 15.6. The molecule has 8 nitrogen and oxygen atoms in total. The molecule has 2 N–H and O–H groups in total. The molecule has 0 fully saturated rings. The minimum absolute atomic E-state index is 0.00400. The molecule has 29 heavy (non-hydrogen) atoms. The molecule has 0 aliphatic heterocycles. The Morgan fingerprint density at radius 2 is 1.59 bits per heavy atom. The number of nitrogens with one attached hydrogen (secondary N) is 2. The SMILES string of the molecule is O=C(Cc1ccccc1)NNC(=O)c1ccc(=O)n(CCOc2ccccc2)n1. The van der Waals surface area contributed by atoms with Crippen molar-refractivity contribution >= 4 is 11.8 Å². The van der Waals surface area contributed by atoms with Crippen molar-refractivity contribution in [3.05, 3.63) is 94.4 Å². The number of nitrogens with zero attached hydrogens (tertiary/aromatic N) is 2. The van der Waals surface area contributed by atoms with Gasteiger partial charge in [0.25, 0.3) is 11.5 Å². The lowest BCUT2D eigenvalue weighted by Crippen LogP contribution is -2.43. The summed E-state index contributed by atoms with van der Waals surface area (Å²) >= 11 is 0. The highest BCUT2D eigenvalue weighted by Gasteiger charge is 2.11. The summed E-state index contributed by atoms with van der Waals surface area (Å²) in [5.74, 6) is -0.311. The summed E-state index contributed by atoms with van der Waals surface area (Å²) in [6.07, 6.45) is 0.130. The fourth-order valence-electron chi connectivity index (χ4n) is 2.51. The molecule has 0 saturated heterocycles. The van der Waals surface area contributed by atoms with E-state index in [0.717, 1.165) is 10.2 Å². The smallest absolute Gasteiger partial charge is 0.290 e. The zero-order valence-corrected chi connectivity index (χ0v) is 15.6. The number of ether oxygens (including phenoxy) is 1. The van der Waals surface area contributed by atoms with E-state index in [4.69, 9.17) is 4.74 Å². The maximum atomic E-state index is 12.2.